The van der Waals surface area contributed by atoms with E-state index in [1.54, 1.807) is 17.7 Å². The minimum absolute atomic E-state index is 0.0111. The molecule has 1 aliphatic carbocycles. The van der Waals surface area contributed by atoms with Crippen molar-refractivity contribution in [3.8, 4) is 11.1 Å². The predicted molar refractivity (Wildman–Crippen MR) is 145 cm³/mol. The number of carbonyl (C=O) groups is 3. The highest BCUT2D eigenvalue weighted by Crippen LogP contribution is 2.44. The molecule has 0 unspecified atom stereocenters. The summed E-state index contributed by atoms with van der Waals surface area (Å²) in [4.78, 5) is 40.4. The fraction of sp³-hybridized carbons (Fsp3) is 0.357. The summed E-state index contributed by atoms with van der Waals surface area (Å²) in [6.07, 6.45) is 1.14. The number of carbonyl (C=O) groups excluding carboxylic acids is 2. The molecule has 38 heavy (non-hydrogen) atoms. The summed E-state index contributed by atoms with van der Waals surface area (Å²) in [7, 11) is 0. The van der Waals surface area contributed by atoms with E-state index in [2.05, 4.69) is 39.9 Å². The fourth-order valence-corrected chi connectivity index (χ4v) is 5.24. The molecule has 1 atom stereocenters. The van der Waals surface area contributed by atoms with Crippen LogP contribution in [0.3, 0.4) is 0 Å². The average molecular weight is 537 g/mol. The topological polar surface area (TPSA) is 123 Å². The van der Waals surface area contributed by atoms with E-state index in [0.29, 0.717) is 10.9 Å². The van der Waals surface area contributed by atoms with Crippen LogP contribution in [0.4, 0.5) is 4.79 Å². The number of aromatic nitrogens is 2. The summed E-state index contributed by atoms with van der Waals surface area (Å²) in [5.41, 5.74) is 4.63. The molecule has 1 aromatic heterocycles. The van der Waals surface area contributed by atoms with Crippen molar-refractivity contribution in [1.29, 1.82) is 0 Å². The molecule has 0 aliphatic heterocycles. The first kappa shape index (κ1) is 27.3. The van der Waals surface area contributed by atoms with Gasteiger partial charge in [0.1, 0.15) is 23.5 Å². The number of carboxylic acid groups (broad SMARTS) is 1. The molecule has 200 valence electrons. The number of benzene rings is 2. The normalized spacial score (nSPS) is 13.1. The number of nitrogens with one attached hydrogen (secondary N) is 2. The number of imidazole rings is 1. The highest BCUT2D eigenvalue weighted by atomic mass is 32.2. The van der Waals surface area contributed by atoms with Gasteiger partial charge in [-0.25, -0.2) is 14.6 Å². The van der Waals surface area contributed by atoms with Crippen LogP contribution in [0.25, 0.3) is 11.1 Å². The number of carboxylic acids is 1. The van der Waals surface area contributed by atoms with Crippen molar-refractivity contribution in [2.24, 2.45) is 0 Å². The molecule has 0 radical (unpaired) electrons. The van der Waals surface area contributed by atoms with Crippen molar-refractivity contribution in [1.82, 2.24) is 20.2 Å². The van der Waals surface area contributed by atoms with Crippen LogP contribution in [0.5, 0.6) is 0 Å². The van der Waals surface area contributed by atoms with Crippen LogP contribution in [0, 0.1) is 0 Å². The predicted octanol–water partition coefficient (Wildman–Crippen LogP) is 4.40. The summed E-state index contributed by atoms with van der Waals surface area (Å²) in [5, 5.41) is 15.4. The van der Waals surface area contributed by atoms with Gasteiger partial charge >= 0.3 is 12.1 Å². The summed E-state index contributed by atoms with van der Waals surface area (Å²) < 4.78 is 7.13. The Morgan fingerprint density at radius 3 is 2.21 bits per heavy atom. The standard InChI is InChI=1S/C28H32N4O5S/c1-17(2)26-31-25(14-32(26)18(3)27(34)35)38-16-24(33)29-12-13-30-28(36)37-15-23-21-10-6-4-8-19(21)20-9-5-7-11-22(20)23/h4-11,14,17-18,23H,12-13,15-16H2,1-3H3,(H,29,33)(H,30,36)(H,34,35)/t18-/m0/s1. The highest BCUT2D eigenvalue weighted by Gasteiger charge is 2.29. The van der Waals surface area contributed by atoms with Crippen LogP contribution < -0.4 is 10.6 Å². The second-order valence-electron chi connectivity index (χ2n) is 9.40. The molecule has 1 aliphatic rings. The first-order valence-corrected chi connectivity index (χ1v) is 13.5. The van der Waals surface area contributed by atoms with Crippen LogP contribution in [0.1, 0.15) is 55.6 Å². The lowest BCUT2D eigenvalue weighted by Gasteiger charge is -2.14. The van der Waals surface area contributed by atoms with Crippen molar-refractivity contribution in [2.45, 2.75) is 43.7 Å². The first-order chi connectivity index (χ1) is 18.3. The number of aliphatic carboxylic acids is 1. The van der Waals surface area contributed by atoms with Gasteiger partial charge in [-0.05, 0) is 29.2 Å². The highest BCUT2D eigenvalue weighted by molar-refractivity contribution is 7.99. The quantitative estimate of drug-likeness (QED) is 0.245. The zero-order valence-corrected chi connectivity index (χ0v) is 22.5. The van der Waals surface area contributed by atoms with E-state index in [9.17, 15) is 19.5 Å². The van der Waals surface area contributed by atoms with Crippen LogP contribution in [0.2, 0.25) is 0 Å². The molecule has 3 N–H and O–H groups in total. The zero-order valence-electron chi connectivity index (χ0n) is 21.6. The van der Waals surface area contributed by atoms with E-state index in [-0.39, 0.29) is 43.2 Å². The van der Waals surface area contributed by atoms with E-state index in [1.165, 1.54) is 22.9 Å². The monoisotopic (exact) mass is 536 g/mol. The molecule has 0 saturated heterocycles. The number of ether oxygens (including phenoxy) is 1. The first-order valence-electron chi connectivity index (χ1n) is 12.6. The molecule has 2 aromatic carbocycles. The number of hydrogen-bond donors (Lipinski definition) is 3. The third kappa shape index (κ3) is 6.19. The maximum absolute atomic E-state index is 12.3. The van der Waals surface area contributed by atoms with Gasteiger partial charge in [-0.1, -0.05) is 74.1 Å². The van der Waals surface area contributed by atoms with Gasteiger partial charge in [0, 0.05) is 31.1 Å². The number of nitrogens with zero attached hydrogens (tertiary/aromatic N) is 2. The molecule has 1 heterocycles. The molecule has 0 spiro atoms. The van der Waals surface area contributed by atoms with E-state index in [0.717, 1.165) is 11.1 Å². The van der Waals surface area contributed by atoms with Crippen LogP contribution in [-0.2, 0) is 14.3 Å². The van der Waals surface area contributed by atoms with Crippen LogP contribution >= 0.6 is 11.8 Å². The van der Waals surface area contributed by atoms with Gasteiger partial charge in [0.25, 0.3) is 0 Å². The number of hydrogen-bond acceptors (Lipinski definition) is 6. The average Bonchev–Trinajstić information content (AvgIpc) is 3.48. The smallest absolute Gasteiger partial charge is 0.407 e. The molecule has 2 amide bonds. The summed E-state index contributed by atoms with van der Waals surface area (Å²) in [6.45, 7) is 6.20. The minimum Gasteiger partial charge on any atom is -0.480 e. The molecular formula is C28H32N4O5S. The molecule has 0 bridgehead atoms. The van der Waals surface area contributed by atoms with E-state index < -0.39 is 18.1 Å². The third-order valence-electron chi connectivity index (χ3n) is 6.44. The maximum Gasteiger partial charge on any atom is 0.407 e. The number of amides is 2. The molecule has 10 heteroatoms. The lowest BCUT2D eigenvalue weighted by Crippen LogP contribution is -2.36. The van der Waals surface area contributed by atoms with Gasteiger partial charge in [0.15, 0.2) is 0 Å². The Morgan fingerprint density at radius 1 is 1.00 bits per heavy atom. The molecular weight excluding hydrogens is 504 g/mol. The number of thioether (sulfide) groups is 1. The molecule has 4 rings (SSSR count). The van der Waals surface area contributed by atoms with Gasteiger partial charge in [0.05, 0.1) is 5.75 Å². The maximum atomic E-state index is 12.3. The largest absolute Gasteiger partial charge is 0.480 e. The van der Waals surface area contributed by atoms with Gasteiger partial charge in [-0.15, -0.1) is 0 Å². The van der Waals surface area contributed by atoms with E-state index in [1.807, 2.05) is 38.1 Å². The van der Waals surface area contributed by atoms with Crippen molar-refractivity contribution in [3.63, 3.8) is 0 Å². The Morgan fingerprint density at radius 2 is 1.61 bits per heavy atom. The Balaban J connectivity index is 1.19. The second-order valence-corrected chi connectivity index (χ2v) is 10.4. The van der Waals surface area contributed by atoms with Crippen molar-refractivity contribution >= 4 is 29.7 Å². The summed E-state index contributed by atoms with van der Waals surface area (Å²) in [6, 6.07) is 15.6. The summed E-state index contributed by atoms with van der Waals surface area (Å²) >= 11 is 1.24. The summed E-state index contributed by atoms with van der Waals surface area (Å²) in [5.74, 6) is -0.332. The molecule has 9 nitrogen and oxygen atoms in total. The van der Waals surface area contributed by atoms with Gasteiger partial charge in [0.2, 0.25) is 5.91 Å². The molecule has 3 aromatic rings. The Bertz CT molecular complexity index is 1280. The number of rotatable bonds is 11. The Labute approximate surface area is 226 Å². The van der Waals surface area contributed by atoms with Crippen LogP contribution in [0.15, 0.2) is 59.8 Å². The van der Waals surface area contributed by atoms with Gasteiger partial charge < -0.3 is 25.0 Å². The minimum atomic E-state index is -0.942. The zero-order chi connectivity index (χ0) is 27.2. The van der Waals surface area contributed by atoms with E-state index >= 15 is 0 Å². The Hall–Kier alpha value is -3.79. The van der Waals surface area contributed by atoms with Gasteiger partial charge in [-0.3, -0.25) is 4.79 Å². The number of fused-ring (bicyclic) bond motifs is 3. The van der Waals surface area contributed by atoms with Crippen molar-refractivity contribution < 1.29 is 24.2 Å². The Kier molecular flexibility index (Phi) is 8.73. The fourth-order valence-electron chi connectivity index (χ4n) is 4.52. The van der Waals surface area contributed by atoms with Gasteiger partial charge in [-0.2, -0.15) is 0 Å². The molecule has 0 fully saturated rings. The SMILES string of the molecule is CC(C)c1nc(SCC(=O)NCCNC(=O)OCC2c3ccccc3-c3ccccc32)cn1[C@@H](C)C(=O)O. The lowest BCUT2D eigenvalue weighted by atomic mass is 9.98. The van der Waals surface area contributed by atoms with Crippen molar-refractivity contribution in [3.05, 3.63) is 71.7 Å². The second kappa shape index (κ2) is 12.2. The van der Waals surface area contributed by atoms with Crippen LogP contribution in [-0.4, -0.2) is 58.1 Å². The third-order valence-corrected chi connectivity index (χ3v) is 7.34. The van der Waals surface area contributed by atoms with E-state index in [4.69, 9.17) is 4.74 Å². The lowest BCUT2D eigenvalue weighted by molar-refractivity contribution is -0.140. The van der Waals surface area contributed by atoms with Crippen molar-refractivity contribution in [2.75, 3.05) is 25.4 Å². The number of alkyl carbamates (subject to hydrolysis) is 1. The molecule has 0 saturated carbocycles.